The Hall–Kier alpha value is -4.99. The highest BCUT2D eigenvalue weighted by atomic mass is 16.4. The molecule has 41 heavy (non-hydrogen) atoms. The van der Waals surface area contributed by atoms with Crippen molar-refractivity contribution >= 4 is 28.7 Å². The van der Waals surface area contributed by atoms with Crippen LogP contribution in [0.5, 0.6) is 0 Å². The van der Waals surface area contributed by atoms with Gasteiger partial charge in [0.05, 0.1) is 10.9 Å². The number of carboxylic acids is 1. The number of para-hydroxylation sites is 1. The number of aromatic nitrogens is 2. The molecule has 0 bridgehead atoms. The summed E-state index contributed by atoms with van der Waals surface area (Å²) in [6, 6.07) is 19.9. The minimum Gasteiger partial charge on any atom is -0.479 e. The molecule has 4 aromatic rings. The second kappa shape index (κ2) is 12.9. The molecule has 0 unspecified atom stereocenters. The van der Waals surface area contributed by atoms with Crippen molar-refractivity contribution in [1.82, 2.24) is 20.2 Å². The average Bonchev–Trinajstić information content (AvgIpc) is 2.95. The summed E-state index contributed by atoms with van der Waals surface area (Å²) in [4.78, 5) is 68.6. The van der Waals surface area contributed by atoms with Crippen LogP contribution >= 0.6 is 0 Å². The highest BCUT2D eigenvalue weighted by Gasteiger charge is 2.32. The van der Waals surface area contributed by atoms with E-state index in [0.29, 0.717) is 16.6 Å². The van der Waals surface area contributed by atoms with Crippen molar-refractivity contribution in [3.8, 4) is 0 Å². The van der Waals surface area contributed by atoms with Gasteiger partial charge in [-0.2, -0.15) is 0 Å². The molecule has 0 aliphatic heterocycles. The molecular weight excluding hydrogens is 524 g/mol. The van der Waals surface area contributed by atoms with E-state index in [-0.39, 0.29) is 24.1 Å². The van der Waals surface area contributed by atoms with Crippen molar-refractivity contribution in [1.29, 1.82) is 0 Å². The molecule has 1 aromatic heterocycles. The molecule has 10 heteroatoms. The summed E-state index contributed by atoms with van der Waals surface area (Å²) in [6.45, 7) is 3.72. The van der Waals surface area contributed by atoms with Crippen LogP contribution in [-0.4, -0.2) is 38.5 Å². The van der Waals surface area contributed by atoms with E-state index in [9.17, 15) is 29.1 Å². The average molecular weight is 557 g/mol. The fourth-order valence-electron chi connectivity index (χ4n) is 4.74. The van der Waals surface area contributed by atoms with Gasteiger partial charge in [-0.3, -0.25) is 14.4 Å². The zero-order valence-corrected chi connectivity index (χ0v) is 22.7. The van der Waals surface area contributed by atoms with Gasteiger partial charge in [-0.1, -0.05) is 86.6 Å². The van der Waals surface area contributed by atoms with Gasteiger partial charge >= 0.3 is 11.7 Å². The first kappa shape index (κ1) is 29.0. The number of benzene rings is 3. The quantitative estimate of drug-likeness (QED) is 0.223. The van der Waals surface area contributed by atoms with E-state index < -0.39 is 47.2 Å². The molecule has 0 saturated heterocycles. The monoisotopic (exact) mass is 556 g/mol. The van der Waals surface area contributed by atoms with E-state index in [1.165, 1.54) is 0 Å². The predicted molar refractivity (Wildman–Crippen MR) is 154 cm³/mol. The third-order valence-electron chi connectivity index (χ3n) is 6.73. The zero-order valence-electron chi connectivity index (χ0n) is 22.7. The first-order valence-corrected chi connectivity index (χ1v) is 13.3. The van der Waals surface area contributed by atoms with E-state index in [4.69, 9.17) is 0 Å². The molecule has 2 amide bonds. The largest absolute Gasteiger partial charge is 0.479 e. The van der Waals surface area contributed by atoms with Crippen LogP contribution in [0.3, 0.4) is 0 Å². The molecule has 1 heterocycles. The van der Waals surface area contributed by atoms with Crippen LogP contribution in [0.1, 0.15) is 43.5 Å². The summed E-state index contributed by atoms with van der Waals surface area (Å²) in [7, 11) is 0. The number of hydrogen-bond acceptors (Lipinski definition) is 5. The Labute approximate surface area is 236 Å². The summed E-state index contributed by atoms with van der Waals surface area (Å²) in [6.07, 6.45) is 0.200. The highest BCUT2D eigenvalue weighted by molar-refractivity contribution is 5.92. The van der Waals surface area contributed by atoms with Gasteiger partial charge in [-0.05, 0) is 35.6 Å². The molecule has 212 valence electrons. The molecule has 3 aromatic carbocycles. The van der Waals surface area contributed by atoms with E-state index in [1.807, 2.05) is 19.9 Å². The van der Waals surface area contributed by atoms with E-state index in [1.54, 1.807) is 78.9 Å². The number of nitrogens with zero attached hydrogens (tertiary/aromatic N) is 1. The van der Waals surface area contributed by atoms with Crippen molar-refractivity contribution in [2.24, 2.45) is 5.92 Å². The maximum atomic E-state index is 13.9. The van der Waals surface area contributed by atoms with Gasteiger partial charge in [0.1, 0.15) is 12.1 Å². The summed E-state index contributed by atoms with van der Waals surface area (Å²) in [5.74, 6) is -2.72. The van der Waals surface area contributed by atoms with Gasteiger partial charge in [0.25, 0.3) is 5.56 Å². The lowest BCUT2D eigenvalue weighted by molar-refractivity contribution is -0.142. The van der Waals surface area contributed by atoms with Crippen molar-refractivity contribution in [3.63, 3.8) is 0 Å². The molecule has 0 aliphatic rings. The Kier molecular flexibility index (Phi) is 9.13. The normalized spacial score (nSPS) is 13.3. The topological polar surface area (TPSA) is 150 Å². The van der Waals surface area contributed by atoms with Gasteiger partial charge in [0, 0.05) is 6.42 Å². The molecular formula is C31H32N4O6. The third kappa shape index (κ3) is 6.96. The summed E-state index contributed by atoms with van der Waals surface area (Å²) in [5, 5.41) is 15.3. The molecule has 4 rings (SSSR count). The Bertz CT molecular complexity index is 1650. The molecule has 3 atom stereocenters. The second-order valence-electron chi connectivity index (χ2n) is 10.2. The number of aliphatic carboxylic acids is 1. The van der Waals surface area contributed by atoms with Crippen LogP contribution in [0.25, 0.3) is 10.9 Å². The number of rotatable bonds is 11. The maximum Gasteiger partial charge on any atom is 0.330 e. The molecule has 0 spiro atoms. The number of H-pyrrole nitrogens is 1. The van der Waals surface area contributed by atoms with Gasteiger partial charge in [-0.15, -0.1) is 0 Å². The number of carboxylic acid groups (broad SMARTS) is 1. The Morgan fingerprint density at radius 3 is 2.07 bits per heavy atom. The van der Waals surface area contributed by atoms with E-state index in [0.717, 1.165) is 4.57 Å². The van der Waals surface area contributed by atoms with Gasteiger partial charge in [0.2, 0.25) is 11.8 Å². The number of amides is 2. The lowest BCUT2D eigenvalue weighted by atomic mass is 10.00. The van der Waals surface area contributed by atoms with Crippen LogP contribution in [0, 0.1) is 5.92 Å². The molecule has 4 N–H and O–H groups in total. The van der Waals surface area contributed by atoms with Crippen LogP contribution in [0.15, 0.2) is 94.5 Å². The number of aromatic amines is 1. The van der Waals surface area contributed by atoms with Gasteiger partial charge in [-0.25, -0.2) is 14.2 Å². The first-order valence-electron chi connectivity index (χ1n) is 13.3. The van der Waals surface area contributed by atoms with Crippen LogP contribution in [-0.2, 0) is 20.8 Å². The Morgan fingerprint density at radius 1 is 0.829 bits per heavy atom. The van der Waals surface area contributed by atoms with Crippen LogP contribution in [0.4, 0.5) is 0 Å². The summed E-state index contributed by atoms with van der Waals surface area (Å²) < 4.78 is 0.874. The summed E-state index contributed by atoms with van der Waals surface area (Å²) >= 11 is 0. The van der Waals surface area contributed by atoms with Crippen LogP contribution < -0.4 is 21.9 Å². The molecule has 0 fully saturated rings. The Morgan fingerprint density at radius 2 is 1.44 bits per heavy atom. The van der Waals surface area contributed by atoms with Crippen LogP contribution in [0.2, 0.25) is 0 Å². The predicted octanol–water partition coefficient (Wildman–Crippen LogP) is 2.95. The number of nitrogens with one attached hydrogen (secondary N) is 3. The smallest absolute Gasteiger partial charge is 0.330 e. The molecule has 0 saturated carbocycles. The zero-order chi connectivity index (χ0) is 29.5. The van der Waals surface area contributed by atoms with Gasteiger partial charge in [0.15, 0.2) is 6.04 Å². The second-order valence-corrected chi connectivity index (χ2v) is 10.2. The minimum atomic E-state index is -1.33. The number of carbonyl (C=O) groups excluding carboxylic acids is 2. The SMILES string of the molecule is CC(C)C[C@H](NC(=O)[C@@H](Cc1ccccc1)n1c(=O)[nH]c2ccccc2c1=O)C(=O)N[C@@H](C(=O)O)c1ccccc1. The molecule has 0 aliphatic carbocycles. The maximum absolute atomic E-state index is 13.9. The third-order valence-corrected chi connectivity index (χ3v) is 6.73. The fourth-order valence-corrected chi connectivity index (χ4v) is 4.74. The van der Waals surface area contributed by atoms with Crippen molar-refractivity contribution in [3.05, 3.63) is 117 Å². The van der Waals surface area contributed by atoms with Crippen molar-refractivity contribution < 1.29 is 19.5 Å². The van der Waals surface area contributed by atoms with E-state index >= 15 is 0 Å². The lowest BCUT2D eigenvalue weighted by Crippen LogP contribution is -2.53. The van der Waals surface area contributed by atoms with Crippen molar-refractivity contribution in [2.45, 2.75) is 44.8 Å². The molecule has 10 nitrogen and oxygen atoms in total. The lowest BCUT2D eigenvalue weighted by Gasteiger charge is -2.26. The summed E-state index contributed by atoms with van der Waals surface area (Å²) in [5.41, 5.74) is 0.0199. The van der Waals surface area contributed by atoms with E-state index in [2.05, 4.69) is 15.6 Å². The highest BCUT2D eigenvalue weighted by Crippen LogP contribution is 2.17. The first-order chi connectivity index (χ1) is 19.7. The fraction of sp³-hybridized carbons (Fsp3) is 0.258. The Balaban J connectivity index is 1.70. The van der Waals surface area contributed by atoms with Crippen molar-refractivity contribution in [2.75, 3.05) is 0 Å². The standard InChI is InChI=1S/C31H32N4O6/c1-19(2)17-24(27(36)34-26(30(39)40)21-13-7-4-8-14-21)32-28(37)25(18-20-11-5-3-6-12-20)35-29(38)22-15-9-10-16-23(22)33-31(35)41/h3-16,19,24-26H,17-18H2,1-2H3,(H,32,37)(H,33,41)(H,34,36)(H,39,40)/t24-,25+,26+/m0/s1. The number of carbonyl (C=O) groups is 3. The number of fused-ring (bicyclic) bond motifs is 1. The molecule has 0 radical (unpaired) electrons. The minimum absolute atomic E-state index is 0.00574. The van der Waals surface area contributed by atoms with Gasteiger partial charge < -0.3 is 20.7 Å². The number of hydrogen-bond donors (Lipinski definition) is 4.